The predicted molar refractivity (Wildman–Crippen MR) is 97.3 cm³/mol. The number of anilines is 1. The van der Waals surface area contributed by atoms with Crippen molar-refractivity contribution in [1.29, 1.82) is 0 Å². The van der Waals surface area contributed by atoms with E-state index in [1.807, 2.05) is 42.5 Å². The van der Waals surface area contributed by atoms with Crippen LogP contribution in [0.25, 0.3) is 22.3 Å². The van der Waals surface area contributed by atoms with Gasteiger partial charge in [0.15, 0.2) is 5.65 Å². The van der Waals surface area contributed by atoms with E-state index in [0.717, 1.165) is 16.8 Å². The molecule has 4 aromatic rings. The molecule has 0 aliphatic rings. The maximum absolute atomic E-state index is 6.38. The average Bonchev–Trinajstić information content (AvgIpc) is 3.07. The number of ether oxygens (including phenoxy) is 1. The van der Waals surface area contributed by atoms with Crippen molar-refractivity contribution in [2.24, 2.45) is 0 Å². The summed E-state index contributed by atoms with van der Waals surface area (Å²) in [6, 6.07) is 15.4. The number of fused-ring (bicyclic) bond motifs is 1. The lowest BCUT2D eigenvalue weighted by Crippen LogP contribution is -1.96. The monoisotopic (exact) mass is 351 g/mol. The van der Waals surface area contributed by atoms with E-state index in [2.05, 4.69) is 20.2 Å². The molecule has 6 nitrogen and oxygen atoms in total. The highest BCUT2D eigenvalue weighted by atomic mass is 35.5. The van der Waals surface area contributed by atoms with Gasteiger partial charge in [-0.2, -0.15) is 5.10 Å². The third-order valence-electron chi connectivity index (χ3n) is 3.84. The Morgan fingerprint density at radius 3 is 2.72 bits per heavy atom. The Morgan fingerprint density at radius 2 is 1.92 bits per heavy atom. The second-order valence-corrected chi connectivity index (χ2v) is 5.88. The molecule has 7 heteroatoms. The fourth-order valence-corrected chi connectivity index (χ4v) is 2.83. The van der Waals surface area contributed by atoms with Crippen LogP contribution >= 0.6 is 11.6 Å². The van der Waals surface area contributed by atoms with E-state index in [0.29, 0.717) is 34.2 Å². The molecule has 124 valence electrons. The third-order valence-corrected chi connectivity index (χ3v) is 4.13. The molecule has 0 aliphatic heterocycles. The number of nitrogen functional groups attached to an aromatic ring is 1. The van der Waals surface area contributed by atoms with Crippen molar-refractivity contribution in [3.63, 3.8) is 0 Å². The van der Waals surface area contributed by atoms with Crippen molar-refractivity contribution in [1.82, 2.24) is 20.2 Å². The molecule has 0 aliphatic carbocycles. The first-order chi connectivity index (χ1) is 12.2. The van der Waals surface area contributed by atoms with Crippen LogP contribution in [-0.2, 0) is 6.61 Å². The third kappa shape index (κ3) is 2.99. The minimum atomic E-state index is 0.370. The summed E-state index contributed by atoms with van der Waals surface area (Å²) in [6.07, 6.45) is 1.38. The number of aromatic amines is 1. The Morgan fingerprint density at radius 1 is 1.08 bits per heavy atom. The molecule has 0 fully saturated rings. The summed E-state index contributed by atoms with van der Waals surface area (Å²) in [4.78, 5) is 8.12. The molecule has 0 unspecified atom stereocenters. The fraction of sp³-hybridized carbons (Fsp3) is 0.0556. The number of H-pyrrole nitrogens is 1. The maximum atomic E-state index is 6.38. The van der Waals surface area contributed by atoms with Gasteiger partial charge < -0.3 is 10.5 Å². The number of nitrogens with one attached hydrogen (secondary N) is 1. The predicted octanol–water partition coefficient (Wildman–Crippen LogP) is 3.83. The van der Waals surface area contributed by atoms with Crippen LogP contribution in [-0.4, -0.2) is 20.2 Å². The van der Waals surface area contributed by atoms with Gasteiger partial charge in [-0.3, -0.25) is 5.10 Å². The van der Waals surface area contributed by atoms with E-state index in [1.165, 1.54) is 6.33 Å². The lowest BCUT2D eigenvalue weighted by molar-refractivity contribution is 0.306. The summed E-state index contributed by atoms with van der Waals surface area (Å²) in [5.74, 6) is 0.983. The fourth-order valence-electron chi connectivity index (χ4n) is 2.60. The standard InChI is InChI=1S/C18H14ClN5O/c19-13-8-12(16-15-17(20)21-10-22-18(15)24-23-16)6-7-14(13)25-9-11-4-2-1-3-5-11/h1-8,10H,9H2,(H3,20,21,22,23,24). The Balaban J connectivity index is 1.63. The van der Waals surface area contributed by atoms with Gasteiger partial charge in [0.25, 0.3) is 0 Å². The van der Waals surface area contributed by atoms with Gasteiger partial charge in [-0.25, -0.2) is 9.97 Å². The number of hydrogen-bond acceptors (Lipinski definition) is 5. The molecule has 0 atom stereocenters. The molecule has 0 amide bonds. The van der Waals surface area contributed by atoms with E-state index >= 15 is 0 Å². The molecule has 0 saturated heterocycles. The van der Waals surface area contributed by atoms with Crippen molar-refractivity contribution in [2.75, 3.05) is 5.73 Å². The SMILES string of the molecule is Nc1ncnc2n[nH]c(-c3ccc(OCc4ccccc4)c(Cl)c3)c12. The lowest BCUT2D eigenvalue weighted by atomic mass is 10.1. The van der Waals surface area contributed by atoms with Crippen LogP contribution < -0.4 is 10.5 Å². The molecular formula is C18H14ClN5O. The van der Waals surface area contributed by atoms with Gasteiger partial charge in [0.05, 0.1) is 16.1 Å². The van der Waals surface area contributed by atoms with E-state index < -0.39 is 0 Å². The molecule has 25 heavy (non-hydrogen) atoms. The zero-order chi connectivity index (χ0) is 17.2. The number of rotatable bonds is 4. The second kappa shape index (κ2) is 6.41. The van der Waals surface area contributed by atoms with Crippen molar-refractivity contribution in [3.05, 3.63) is 65.4 Å². The van der Waals surface area contributed by atoms with E-state index in [4.69, 9.17) is 22.1 Å². The molecule has 4 rings (SSSR count). The highest BCUT2D eigenvalue weighted by Crippen LogP contribution is 2.34. The largest absolute Gasteiger partial charge is 0.487 e. The second-order valence-electron chi connectivity index (χ2n) is 5.48. The molecule has 0 spiro atoms. The first-order valence-corrected chi connectivity index (χ1v) is 8.01. The molecule has 2 aromatic heterocycles. The van der Waals surface area contributed by atoms with Gasteiger partial charge >= 0.3 is 0 Å². The quantitative estimate of drug-likeness (QED) is 0.583. The van der Waals surface area contributed by atoms with Crippen LogP contribution in [0, 0.1) is 0 Å². The molecule has 2 aromatic carbocycles. The zero-order valence-corrected chi connectivity index (χ0v) is 13.9. The summed E-state index contributed by atoms with van der Waals surface area (Å²) in [6.45, 7) is 0.452. The van der Waals surface area contributed by atoms with Gasteiger partial charge in [-0.1, -0.05) is 41.9 Å². The Kier molecular flexibility index (Phi) is 3.95. The van der Waals surface area contributed by atoms with E-state index in [-0.39, 0.29) is 0 Å². The molecule has 2 heterocycles. The van der Waals surface area contributed by atoms with Gasteiger partial charge in [0.2, 0.25) is 0 Å². The van der Waals surface area contributed by atoms with Gasteiger partial charge in [-0.15, -0.1) is 0 Å². The summed E-state index contributed by atoms with van der Waals surface area (Å²) in [5.41, 5.74) is 9.10. The number of halogens is 1. The van der Waals surface area contributed by atoms with Crippen LogP contribution in [0.4, 0.5) is 5.82 Å². The zero-order valence-electron chi connectivity index (χ0n) is 13.1. The Bertz CT molecular complexity index is 1030. The molecule has 0 radical (unpaired) electrons. The Labute approximate surface area is 148 Å². The number of benzene rings is 2. The Hall–Kier alpha value is -3.12. The minimum Gasteiger partial charge on any atom is -0.487 e. The van der Waals surface area contributed by atoms with Crippen LogP contribution in [0.15, 0.2) is 54.9 Å². The number of nitrogens with zero attached hydrogens (tertiary/aromatic N) is 3. The maximum Gasteiger partial charge on any atom is 0.186 e. The van der Waals surface area contributed by atoms with Crippen LogP contribution in [0.2, 0.25) is 5.02 Å². The first-order valence-electron chi connectivity index (χ1n) is 7.63. The minimum absolute atomic E-state index is 0.370. The summed E-state index contributed by atoms with van der Waals surface area (Å²) in [5, 5.41) is 8.28. The molecule has 3 N–H and O–H groups in total. The summed E-state index contributed by atoms with van der Waals surface area (Å²) >= 11 is 6.38. The smallest absolute Gasteiger partial charge is 0.186 e. The van der Waals surface area contributed by atoms with Crippen molar-refractivity contribution >= 4 is 28.5 Å². The van der Waals surface area contributed by atoms with Gasteiger partial charge in [0, 0.05) is 5.56 Å². The number of nitrogens with two attached hydrogens (primary N) is 1. The molecule has 0 bridgehead atoms. The van der Waals surface area contributed by atoms with E-state index in [9.17, 15) is 0 Å². The number of hydrogen-bond donors (Lipinski definition) is 2. The molecule has 0 saturated carbocycles. The van der Waals surface area contributed by atoms with Crippen molar-refractivity contribution in [2.45, 2.75) is 6.61 Å². The normalized spacial score (nSPS) is 10.9. The van der Waals surface area contributed by atoms with Crippen LogP contribution in [0.3, 0.4) is 0 Å². The van der Waals surface area contributed by atoms with E-state index in [1.54, 1.807) is 6.07 Å². The highest BCUT2D eigenvalue weighted by molar-refractivity contribution is 6.32. The highest BCUT2D eigenvalue weighted by Gasteiger charge is 2.14. The topological polar surface area (TPSA) is 89.7 Å². The lowest BCUT2D eigenvalue weighted by Gasteiger charge is -2.09. The van der Waals surface area contributed by atoms with Crippen molar-refractivity contribution < 1.29 is 4.74 Å². The summed E-state index contributed by atoms with van der Waals surface area (Å²) in [7, 11) is 0. The van der Waals surface area contributed by atoms with Crippen LogP contribution in [0.5, 0.6) is 5.75 Å². The van der Waals surface area contributed by atoms with Crippen LogP contribution in [0.1, 0.15) is 5.56 Å². The van der Waals surface area contributed by atoms with Gasteiger partial charge in [-0.05, 0) is 23.8 Å². The summed E-state index contributed by atoms with van der Waals surface area (Å²) < 4.78 is 5.80. The average molecular weight is 352 g/mol. The van der Waals surface area contributed by atoms with Crippen molar-refractivity contribution in [3.8, 4) is 17.0 Å². The first kappa shape index (κ1) is 15.4. The molecular weight excluding hydrogens is 338 g/mol. The number of aromatic nitrogens is 4. The van der Waals surface area contributed by atoms with Gasteiger partial charge in [0.1, 0.15) is 24.5 Å².